The predicted molar refractivity (Wildman–Crippen MR) is 78.6 cm³/mol. The van der Waals surface area contributed by atoms with Crippen LogP contribution in [0.4, 0.5) is 0 Å². The van der Waals surface area contributed by atoms with Crippen LogP contribution < -0.4 is 0 Å². The summed E-state index contributed by atoms with van der Waals surface area (Å²) in [6.45, 7) is 1.96. The molecule has 0 spiro atoms. The van der Waals surface area contributed by atoms with Crippen molar-refractivity contribution >= 4 is 5.91 Å². The van der Waals surface area contributed by atoms with Gasteiger partial charge in [0.1, 0.15) is 6.10 Å². The molecule has 116 valence electrons. The molecular formula is C15H24N4O2. The van der Waals surface area contributed by atoms with Gasteiger partial charge < -0.3 is 9.64 Å². The Bertz CT molecular complexity index is 514. The molecule has 0 aliphatic carbocycles. The minimum atomic E-state index is -0.250. The Morgan fingerprint density at radius 3 is 2.90 bits per heavy atom. The summed E-state index contributed by atoms with van der Waals surface area (Å²) in [6.07, 6.45) is 6.81. The van der Waals surface area contributed by atoms with E-state index in [-0.39, 0.29) is 18.1 Å². The van der Waals surface area contributed by atoms with Crippen molar-refractivity contribution in [2.24, 2.45) is 7.05 Å². The second-order valence-corrected chi connectivity index (χ2v) is 6.32. The van der Waals surface area contributed by atoms with E-state index in [4.69, 9.17) is 4.74 Å². The number of fused-ring (bicyclic) bond motifs is 1. The van der Waals surface area contributed by atoms with E-state index in [9.17, 15) is 4.79 Å². The van der Waals surface area contributed by atoms with Crippen molar-refractivity contribution in [2.45, 2.75) is 44.1 Å². The van der Waals surface area contributed by atoms with Gasteiger partial charge in [-0.15, -0.1) is 0 Å². The molecular weight excluding hydrogens is 268 g/mol. The largest absolute Gasteiger partial charge is 0.363 e. The van der Waals surface area contributed by atoms with Crippen molar-refractivity contribution < 1.29 is 9.53 Å². The number of carbonyl (C=O) groups is 1. The van der Waals surface area contributed by atoms with Crippen LogP contribution in [-0.4, -0.2) is 64.4 Å². The van der Waals surface area contributed by atoms with Crippen molar-refractivity contribution in [1.82, 2.24) is 19.6 Å². The average Bonchev–Trinajstić information content (AvgIpc) is 3.05. The Kier molecular flexibility index (Phi) is 3.99. The second-order valence-electron chi connectivity index (χ2n) is 6.32. The SMILES string of the molecule is CN(C)C(=O)[C@H]1CC[C@@H]2[C@@H](CCN2Cc2cnn(C)c2)O1. The van der Waals surface area contributed by atoms with Crippen molar-refractivity contribution in [1.29, 1.82) is 0 Å². The van der Waals surface area contributed by atoms with E-state index in [1.165, 1.54) is 5.56 Å². The van der Waals surface area contributed by atoms with Crippen LogP contribution in [0.2, 0.25) is 0 Å². The topological polar surface area (TPSA) is 50.6 Å². The quantitative estimate of drug-likeness (QED) is 0.820. The predicted octanol–water partition coefficient (Wildman–Crippen LogP) is 0.630. The molecule has 1 amide bonds. The molecule has 2 aliphatic rings. The highest BCUT2D eigenvalue weighted by atomic mass is 16.5. The van der Waals surface area contributed by atoms with Crippen molar-refractivity contribution in [3.8, 4) is 0 Å². The van der Waals surface area contributed by atoms with Crippen LogP contribution >= 0.6 is 0 Å². The standard InChI is InChI=1S/C15H24N4O2/c1-17(2)15(20)14-5-4-12-13(21-14)6-7-19(12)10-11-8-16-18(3)9-11/h8-9,12-14H,4-7,10H2,1-3H3/t12-,13-,14-/m1/s1. The maximum Gasteiger partial charge on any atom is 0.251 e. The summed E-state index contributed by atoms with van der Waals surface area (Å²) in [5.74, 6) is 0.0964. The van der Waals surface area contributed by atoms with Crippen molar-refractivity contribution in [2.75, 3.05) is 20.6 Å². The maximum atomic E-state index is 12.0. The third kappa shape index (κ3) is 2.96. The molecule has 6 nitrogen and oxygen atoms in total. The van der Waals surface area contributed by atoms with Crippen LogP contribution in [0.25, 0.3) is 0 Å². The minimum Gasteiger partial charge on any atom is -0.363 e. The molecule has 0 saturated carbocycles. The number of nitrogens with zero attached hydrogens (tertiary/aromatic N) is 4. The summed E-state index contributed by atoms with van der Waals surface area (Å²) in [6, 6.07) is 0.441. The number of aryl methyl sites for hydroxylation is 1. The molecule has 0 N–H and O–H groups in total. The summed E-state index contributed by atoms with van der Waals surface area (Å²) in [7, 11) is 5.53. The van der Waals surface area contributed by atoms with E-state index >= 15 is 0 Å². The Hall–Kier alpha value is -1.40. The lowest BCUT2D eigenvalue weighted by Crippen LogP contribution is -2.47. The van der Waals surface area contributed by atoms with Crippen LogP contribution in [0.1, 0.15) is 24.8 Å². The highest BCUT2D eigenvalue weighted by molar-refractivity contribution is 5.80. The first-order valence-corrected chi connectivity index (χ1v) is 7.63. The zero-order chi connectivity index (χ0) is 15.0. The average molecular weight is 292 g/mol. The van der Waals surface area contributed by atoms with Gasteiger partial charge in [-0.05, 0) is 19.3 Å². The smallest absolute Gasteiger partial charge is 0.251 e. The summed E-state index contributed by atoms with van der Waals surface area (Å²) in [5, 5.41) is 4.23. The zero-order valence-corrected chi connectivity index (χ0v) is 13.0. The van der Waals surface area contributed by atoms with Crippen LogP contribution in [0.5, 0.6) is 0 Å². The number of ether oxygens (including phenoxy) is 1. The molecule has 0 unspecified atom stereocenters. The first-order valence-electron chi connectivity index (χ1n) is 7.63. The summed E-state index contributed by atoms with van der Waals surface area (Å²) in [4.78, 5) is 16.1. The normalized spacial score (nSPS) is 29.4. The molecule has 2 aliphatic heterocycles. The first-order chi connectivity index (χ1) is 10.0. The number of amides is 1. The molecule has 2 fully saturated rings. The Morgan fingerprint density at radius 1 is 1.43 bits per heavy atom. The Morgan fingerprint density at radius 2 is 2.24 bits per heavy atom. The molecule has 21 heavy (non-hydrogen) atoms. The molecule has 0 aromatic carbocycles. The fourth-order valence-corrected chi connectivity index (χ4v) is 3.47. The van der Waals surface area contributed by atoms with Crippen molar-refractivity contribution in [3.05, 3.63) is 18.0 Å². The maximum absolute atomic E-state index is 12.0. The second kappa shape index (κ2) is 5.77. The molecule has 3 rings (SSSR count). The van der Waals surface area contributed by atoms with E-state index in [0.717, 1.165) is 32.4 Å². The van der Waals surface area contributed by atoms with Crippen LogP contribution in [0.15, 0.2) is 12.4 Å². The monoisotopic (exact) mass is 292 g/mol. The van der Waals surface area contributed by atoms with E-state index < -0.39 is 0 Å². The highest BCUT2D eigenvalue weighted by Gasteiger charge is 2.41. The molecule has 2 saturated heterocycles. The number of likely N-dealkylation sites (N-methyl/N-ethyl adjacent to an activating group) is 1. The lowest BCUT2D eigenvalue weighted by atomic mass is 9.98. The summed E-state index contributed by atoms with van der Waals surface area (Å²) in [5.41, 5.74) is 1.24. The molecule has 0 radical (unpaired) electrons. The lowest BCUT2D eigenvalue weighted by Gasteiger charge is -2.36. The van der Waals surface area contributed by atoms with E-state index in [0.29, 0.717) is 6.04 Å². The molecule has 0 bridgehead atoms. The minimum absolute atomic E-state index is 0.0964. The van der Waals surface area contributed by atoms with Crippen LogP contribution in [0.3, 0.4) is 0 Å². The molecule has 3 atom stereocenters. The van der Waals surface area contributed by atoms with Gasteiger partial charge in [-0.1, -0.05) is 0 Å². The molecule has 6 heteroatoms. The van der Waals surface area contributed by atoms with Gasteiger partial charge in [0.2, 0.25) is 0 Å². The van der Waals surface area contributed by atoms with E-state index in [1.807, 2.05) is 17.9 Å². The summed E-state index contributed by atoms with van der Waals surface area (Å²) < 4.78 is 7.89. The first kappa shape index (κ1) is 14.5. The van der Waals surface area contributed by atoms with Gasteiger partial charge in [-0.25, -0.2) is 0 Å². The van der Waals surface area contributed by atoms with Gasteiger partial charge in [-0.3, -0.25) is 14.4 Å². The summed E-state index contributed by atoms with van der Waals surface area (Å²) >= 11 is 0. The van der Waals surface area contributed by atoms with Crippen molar-refractivity contribution in [3.63, 3.8) is 0 Å². The fourth-order valence-electron chi connectivity index (χ4n) is 3.47. The molecule has 3 heterocycles. The molecule has 1 aromatic rings. The van der Waals surface area contributed by atoms with Gasteiger partial charge in [0.15, 0.2) is 0 Å². The number of likely N-dealkylation sites (tertiary alicyclic amines) is 1. The third-order valence-electron chi connectivity index (χ3n) is 4.52. The molecule has 1 aromatic heterocycles. The van der Waals surface area contributed by atoms with Gasteiger partial charge in [-0.2, -0.15) is 5.10 Å². The number of rotatable bonds is 3. The van der Waals surface area contributed by atoms with Gasteiger partial charge >= 0.3 is 0 Å². The van der Waals surface area contributed by atoms with Crippen LogP contribution in [-0.2, 0) is 23.1 Å². The Balaban J connectivity index is 1.60. The zero-order valence-electron chi connectivity index (χ0n) is 13.0. The fraction of sp³-hybridized carbons (Fsp3) is 0.733. The van der Waals surface area contributed by atoms with Gasteiger partial charge in [0.05, 0.1) is 12.3 Å². The number of hydrogen-bond acceptors (Lipinski definition) is 4. The third-order valence-corrected chi connectivity index (χ3v) is 4.52. The van der Waals surface area contributed by atoms with E-state index in [1.54, 1.807) is 19.0 Å². The Labute approximate surface area is 125 Å². The van der Waals surface area contributed by atoms with Gasteiger partial charge in [0.25, 0.3) is 5.91 Å². The lowest BCUT2D eigenvalue weighted by molar-refractivity contribution is -0.152. The highest BCUT2D eigenvalue weighted by Crippen LogP contribution is 2.32. The van der Waals surface area contributed by atoms with Gasteiger partial charge in [0, 0.05) is 52.0 Å². The van der Waals surface area contributed by atoms with E-state index in [2.05, 4.69) is 16.2 Å². The number of carbonyl (C=O) groups excluding carboxylic acids is 1. The van der Waals surface area contributed by atoms with Crippen LogP contribution in [0, 0.1) is 0 Å². The number of hydrogen-bond donors (Lipinski definition) is 0. The number of aromatic nitrogens is 2.